The first kappa shape index (κ1) is 21.6. The number of furan rings is 1. The Labute approximate surface area is 181 Å². The Morgan fingerprint density at radius 3 is 2.77 bits per heavy atom. The molecule has 1 fully saturated rings. The molecule has 2 aromatic rings. The second-order valence-electron chi connectivity index (χ2n) is 7.75. The summed E-state index contributed by atoms with van der Waals surface area (Å²) in [4.78, 5) is 24.9. The first-order chi connectivity index (χ1) is 14.9. The Morgan fingerprint density at radius 2 is 1.97 bits per heavy atom. The highest BCUT2D eigenvalue weighted by atomic mass is 32.2. The predicted octanol–water partition coefficient (Wildman–Crippen LogP) is 3.13. The summed E-state index contributed by atoms with van der Waals surface area (Å²) >= 11 is 0. The first-order valence-electron chi connectivity index (χ1n) is 10.6. The molecule has 1 atom stereocenters. The third-order valence-corrected chi connectivity index (χ3v) is 7.56. The molecule has 0 bridgehead atoms. The SMILES string of the molecule is CCOC(=O)c1ccc(S(=O)(=O)N2CCC[C@H]2C(=O)Nc2cccc3c2CCCC3)o1. The molecule has 4 rings (SSSR count). The Hall–Kier alpha value is -2.65. The van der Waals surface area contributed by atoms with Gasteiger partial charge in [-0.3, -0.25) is 4.79 Å². The van der Waals surface area contributed by atoms with Gasteiger partial charge in [-0.1, -0.05) is 12.1 Å². The number of amides is 1. The molecule has 1 aliphatic carbocycles. The molecule has 0 unspecified atom stereocenters. The van der Waals surface area contributed by atoms with Crippen LogP contribution in [0.25, 0.3) is 0 Å². The molecule has 2 aliphatic rings. The summed E-state index contributed by atoms with van der Waals surface area (Å²) in [6, 6.07) is 7.53. The van der Waals surface area contributed by atoms with E-state index >= 15 is 0 Å². The number of sulfonamides is 1. The molecule has 0 spiro atoms. The average molecular weight is 447 g/mol. The lowest BCUT2D eigenvalue weighted by molar-refractivity contribution is -0.119. The zero-order valence-corrected chi connectivity index (χ0v) is 18.2. The van der Waals surface area contributed by atoms with Crippen LogP contribution in [-0.2, 0) is 32.4 Å². The van der Waals surface area contributed by atoms with Gasteiger partial charge in [0.15, 0.2) is 0 Å². The van der Waals surface area contributed by atoms with Crippen molar-refractivity contribution in [3.05, 3.63) is 47.2 Å². The average Bonchev–Trinajstić information content (AvgIpc) is 3.45. The second-order valence-corrected chi connectivity index (χ2v) is 9.57. The number of rotatable bonds is 6. The molecule has 8 nitrogen and oxygen atoms in total. The van der Waals surface area contributed by atoms with Crippen LogP contribution in [0.1, 0.15) is 54.3 Å². The summed E-state index contributed by atoms with van der Waals surface area (Å²) in [6.45, 7) is 2.01. The Bertz CT molecular complexity index is 1090. The van der Waals surface area contributed by atoms with Crippen molar-refractivity contribution in [1.29, 1.82) is 0 Å². The van der Waals surface area contributed by atoms with E-state index in [9.17, 15) is 18.0 Å². The molecule has 1 aliphatic heterocycles. The van der Waals surface area contributed by atoms with E-state index in [1.54, 1.807) is 6.92 Å². The molecule has 0 radical (unpaired) electrons. The molecule has 0 saturated carbocycles. The van der Waals surface area contributed by atoms with Crippen molar-refractivity contribution in [1.82, 2.24) is 4.31 Å². The van der Waals surface area contributed by atoms with Crippen LogP contribution in [0, 0.1) is 0 Å². The number of ether oxygens (including phenoxy) is 1. The minimum atomic E-state index is -4.07. The molecule has 1 aromatic carbocycles. The summed E-state index contributed by atoms with van der Waals surface area (Å²) < 4.78 is 37.5. The summed E-state index contributed by atoms with van der Waals surface area (Å²) in [7, 11) is -4.07. The van der Waals surface area contributed by atoms with Crippen LogP contribution in [-0.4, -0.2) is 43.8 Å². The smallest absolute Gasteiger partial charge is 0.374 e. The van der Waals surface area contributed by atoms with Crippen molar-refractivity contribution in [3.8, 4) is 0 Å². The fraction of sp³-hybridized carbons (Fsp3) is 0.455. The van der Waals surface area contributed by atoms with Crippen LogP contribution in [0.3, 0.4) is 0 Å². The highest BCUT2D eigenvalue weighted by molar-refractivity contribution is 7.89. The molecule has 166 valence electrons. The van der Waals surface area contributed by atoms with Crippen molar-refractivity contribution in [2.45, 2.75) is 56.6 Å². The van der Waals surface area contributed by atoms with Gasteiger partial charge in [0, 0.05) is 12.2 Å². The van der Waals surface area contributed by atoms with Gasteiger partial charge >= 0.3 is 5.97 Å². The summed E-state index contributed by atoms with van der Waals surface area (Å²) in [5.74, 6) is -1.26. The van der Waals surface area contributed by atoms with Gasteiger partial charge in [0.1, 0.15) is 6.04 Å². The van der Waals surface area contributed by atoms with Gasteiger partial charge in [0.2, 0.25) is 16.8 Å². The Kier molecular flexibility index (Phi) is 6.15. The quantitative estimate of drug-likeness (QED) is 0.684. The van der Waals surface area contributed by atoms with Crippen LogP contribution >= 0.6 is 0 Å². The number of aryl methyl sites for hydroxylation is 1. The number of esters is 1. The van der Waals surface area contributed by atoms with E-state index in [1.807, 2.05) is 12.1 Å². The fourth-order valence-electron chi connectivity index (χ4n) is 4.29. The predicted molar refractivity (Wildman–Crippen MR) is 113 cm³/mol. The van der Waals surface area contributed by atoms with Gasteiger partial charge in [-0.05, 0) is 74.8 Å². The van der Waals surface area contributed by atoms with Crippen molar-refractivity contribution >= 4 is 27.6 Å². The maximum Gasteiger partial charge on any atom is 0.374 e. The van der Waals surface area contributed by atoms with Crippen molar-refractivity contribution in [2.24, 2.45) is 0 Å². The standard InChI is InChI=1S/C22H26N2O6S/c1-2-29-22(26)19-12-13-20(30-19)31(27,28)24-14-6-11-18(24)21(25)23-17-10-5-8-15-7-3-4-9-16(15)17/h5,8,10,12-13,18H,2-4,6-7,9,11,14H2,1H3,(H,23,25)/t18-/m0/s1. The lowest BCUT2D eigenvalue weighted by Crippen LogP contribution is -2.43. The van der Waals surface area contributed by atoms with Crippen LogP contribution in [0.5, 0.6) is 0 Å². The summed E-state index contributed by atoms with van der Waals surface area (Å²) in [5, 5.41) is 2.59. The minimum Gasteiger partial charge on any atom is -0.460 e. The third kappa shape index (κ3) is 4.24. The Balaban J connectivity index is 1.54. The zero-order chi connectivity index (χ0) is 22.0. The maximum atomic E-state index is 13.1. The zero-order valence-electron chi connectivity index (χ0n) is 17.4. The largest absolute Gasteiger partial charge is 0.460 e. The van der Waals surface area contributed by atoms with Gasteiger partial charge < -0.3 is 14.5 Å². The maximum absolute atomic E-state index is 13.1. The van der Waals surface area contributed by atoms with E-state index < -0.39 is 22.0 Å². The van der Waals surface area contributed by atoms with Gasteiger partial charge in [0.25, 0.3) is 10.0 Å². The number of benzene rings is 1. The molecule has 9 heteroatoms. The van der Waals surface area contributed by atoms with E-state index in [2.05, 4.69) is 11.4 Å². The van der Waals surface area contributed by atoms with Crippen molar-refractivity contribution < 1.29 is 27.2 Å². The van der Waals surface area contributed by atoms with Gasteiger partial charge in [0.05, 0.1) is 6.61 Å². The number of nitrogens with one attached hydrogen (secondary N) is 1. The number of hydrogen-bond acceptors (Lipinski definition) is 6. The topological polar surface area (TPSA) is 106 Å². The van der Waals surface area contributed by atoms with Crippen molar-refractivity contribution in [3.63, 3.8) is 0 Å². The molecule has 2 heterocycles. The number of carbonyl (C=O) groups is 2. The molecular weight excluding hydrogens is 420 g/mol. The molecule has 1 N–H and O–H groups in total. The van der Waals surface area contributed by atoms with Gasteiger partial charge in [-0.25, -0.2) is 13.2 Å². The lowest BCUT2D eigenvalue weighted by Gasteiger charge is -2.24. The van der Waals surface area contributed by atoms with Gasteiger partial charge in [-0.15, -0.1) is 0 Å². The fourth-order valence-corrected chi connectivity index (χ4v) is 5.86. The van der Waals surface area contributed by atoms with E-state index in [0.717, 1.165) is 41.2 Å². The number of nitrogens with zero attached hydrogens (tertiary/aromatic N) is 1. The second kappa shape index (κ2) is 8.84. The number of fused-ring (bicyclic) bond motifs is 1. The first-order valence-corrected chi connectivity index (χ1v) is 12.1. The van der Waals surface area contributed by atoms with E-state index in [0.29, 0.717) is 12.8 Å². The minimum absolute atomic E-state index is 0.152. The normalized spacial score (nSPS) is 19.1. The molecule has 31 heavy (non-hydrogen) atoms. The van der Waals surface area contributed by atoms with Crippen LogP contribution < -0.4 is 5.32 Å². The summed E-state index contributed by atoms with van der Waals surface area (Å²) in [5.41, 5.74) is 3.13. The van der Waals surface area contributed by atoms with Crippen molar-refractivity contribution in [2.75, 3.05) is 18.5 Å². The molecule has 1 amide bonds. The highest BCUT2D eigenvalue weighted by Crippen LogP contribution is 2.31. The van der Waals surface area contributed by atoms with E-state index in [4.69, 9.17) is 9.15 Å². The molecule has 1 saturated heterocycles. The monoisotopic (exact) mass is 446 g/mol. The third-order valence-electron chi connectivity index (χ3n) is 5.78. The van der Waals surface area contributed by atoms with E-state index in [-0.39, 0.29) is 29.9 Å². The molecular formula is C22H26N2O6S. The number of carbonyl (C=O) groups excluding carboxylic acids is 2. The lowest BCUT2D eigenvalue weighted by atomic mass is 9.90. The molecule has 1 aromatic heterocycles. The van der Waals surface area contributed by atoms with Crippen LogP contribution in [0.2, 0.25) is 0 Å². The van der Waals surface area contributed by atoms with Gasteiger partial charge in [-0.2, -0.15) is 4.31 Å². The number of anilines is 1. The highest BCUT2D eigenvalue weighted by Gasteiger charge is 2.41. The number of hydrogen-bond donors (Lipinski definition) is 1. The van der Waals surface area contributed by atoms with Crippen LogP contribution in [0.15, 0.2) is 39.8 Å². The Morgan fingerprint density at radius 1 is 1.16 bits per heavy atom. The summed E-state index contributed by atoms with van der Waals surface area (Å²) in [6.07, 6.45) is 5.09. The van der Waals surface area contributed by atoms with Crippen LogP contribution in [0.4, 0.5) is 5.69 Å². The van der Waals surface area contributed by atoms with E-state index in [1.165, 1.54) is 17.7 Å².